The Balaban J connectivity index is 0.000000194. The fourth-order valence-electron chi connectivity index (χ4n) is 2.16. The third-order valence-corrected chi connectivity index (χ3v) is 3.24. The molecule has 0 aliphatic rings. The number of hydrogen-bond acceptors (Lipinski definition) is 1. The summed E-state index contributed by atoms with van der Waals surface area (Å²) in [5.74, 6) is 0.322. The van der Waals surface area contributed by atoms with Crippen LogP contribution in [0.25, 0.3) is 11.1 Å². The highest BCUT2D eigenvalue weighted by molar-refractivity contribution is 5.67. The first-order chi connectivity index (χ1) is 10.3. The SMILES string of the molecule is CCc1ccccc1-c1ccccc1.Oc1ccccc1. The summed E-state index contributed by atoms with van der Waals surface area (Å²) in [6, 6.07) is 27.8. The average molecular weight is 276 g/mol. The largest absolute Gasteiger partial charge is 0.508 e. The van der Waals surface area contributed by atoms with Gasteiger partial charge in [-0.2, -0.15) is 0 Å². The van der Waals surface area contributed by atoms with Crippen molar-refractivity contribution in [3.8, 4) is 16.9 Å². The summed E-state index contributed by atoms with van der Waals surface area (Å²) in [4.78, 5) is 0. The Bertz CT molecular complexity index is 645. The van der Waals surface area contributed by atoms with Gasteiger partial charge in [0.1, 0.15) is 5.75 Å². The molecular formula is C20H20O. The lowest BCUT2D eigenvalue weighted by Gasteiger charge is -2.06. The summed E-state index contributed by atoms with van der Waals surface area (Å²) in [6.45, 7) is 2.20. The summed E-state index contributed by atoms with van der Waals surface area (Å²) < 4.78 is 0. The molecule has 0 fully saturated rings. The smallest absolute Gasteiger partial charge is 0.115 e. The molecule has 0 spiro atoms. The van der Waals surface area contributed by atoms with E-state index in [1.807, 2.05) is 6.07 Å². The third-order valence-electron chi connectivity index (χ3n) is 3.24. The van der Waals surface area contributed by atoms with Gasteiger partial charge in [0, 0.05) is 0 Å². The van der Waals surface area contributed by atoms with Crippen molar-refractivity contribution in [2.75, 3.05) is 0 Å². The van der Waals surface area contributed by atoms with Crippen LogP contribution < -0.4 is 0 Å². The molecule has 0 aromatic heterocycles. The van der Waals surface area contributed by atoms with Crippen molar-refractivity contribution in [2.24, 2.45) is 0 Å². The molecule has 1 nitrogen and oxygen atoms in total. The predicted octanol–water partition coefficient (Wildman–Crippen LogP) is 5.31. The van der Waals surface area contributed by atoms with E-state index in [1.54, 1.807) is 24.3 Å². The number of phenols is 1. The second-order valence-electron chi connectivity index (χ2n) is 4.71. The van der Waals surface area contributed by atoms with E-state index in [-0.39, 0.29) is 0 Å². The standard InChI is InChI=1S/C14H14.C6H6O/c1-2-12-8-6-7-11-14(12)13-9-4-3-5-10-13;7-6-4-2-1-3-5-6/h3-11H,2H2,1H3;1-5,7H. The lowest BCUT2D eigenvalue weighted by Crippen LogP contribution is -1.85. The van der Waals surface area contributed by atoms with Crippen LogP contribution in [0, 0.1) is 0 Å². The molecule has 0 saturated carbocycles. The molecular weight excluding hydrogens is 256 g/mol. The molecule has 0 aliphatic carbocycles. The Morgan fingerprint density at radius 3 is 1.71 bits per heavy atom. The normalized spacial score (nSPS) is 9.57. The molecule has 0 atom stereocenters. The van der Waals surface area contributed by atoms with E-state index < -0.39 is 0 Å². The van der Waals surface area contributed by atoms with Crippen molar-refractivity contribution in [3.63, 3.8) is 0 Å². The zero-order chi connectivity index (χ0) is 14.9. The Morgan fingerprint density at radius 1 is 0.667 bits per heavy atom. The maximum atomic E-state index is 8.63. The van der Waals surface area contributed by atoms with Crippen LogP contribution in [0.4, 0.5) is 0 Å². The average Bonchev–Trinajstić information content (AvgIpc) is 2.57. The Morgan fingerprint density at radius 2 is 1.19 bits per heavy atom. The Kier molecular flexibility index (Phi) is 5.60. The van der Waals surface area contributed by atoms with E-state index in [4.69, 9.17) is 5.11 Å². The van der Waals surface area contributed by atoms with E-state index in [9.17, 15) is 0 Å². The van der Waals surface area contributed by atoms with Crippen LogP contribution in [0.5, 0.6) is 5.75 Å². The zero-order valence-corrected chi connectivity index (χ0v) is 12.2. The molecule has 1 heteroatoms. The molecule has 0 heterocycles. The quantitative estimate of drug-likeness (QED) is 0.672. The molecule has 106 valence electrons. The summed E-state index contributed by atoms with van der Waals surface area (Å²) in [7, 11) is 0. The van der Waals surface area contributed by atoms with Crippen LogP contribution in [0.1, 0.15) is 12.5 Å². The number of para-hydroxylation sites is 1. The van der Waals surface area contributed by atoms with Gasteiger partial charge < -0.3 is 5.11 Å². The minimum Gasteiger partial charge on any atom is -0.508 e. The van der Waals surface area contributed by atoms with Gasteiger partial charge in [-0.1, -0.05) is 79.7 Å². The van der Waals surface area contributed by atoms with Crippen LogP contribution in [0.15, 0.2) is 84.9 Å². The molecule has 0 radical (unpaired) electrons. The zero-order valence-electron chi connectivity index (χ0n) is 12.2. The second-order valence-corrected chi connectivity index (χ2v) is 4.71. The fourth-order valence-corrected chi connectivity index (χ4v) is 2.16. The van der Waals surface area contributed by atoms with Gasteiger partial charge in [-0.3, -0.25) is 0 Å². The molecule has 1 N–H and O–H groups in total. The van der Waals surface area contributed by atoms with E-state index in [0.717, 1.165) is 6.42 Å². The highest BCUT2D eigenvalue weighted by Crippen LogP contribution is 2.23. The fraction of sp³-hybridized carbons (Fsp3) is 0.100. The maximum absolute atomic E-state index is 8.63. The van der Waals surface area contributed by atoms with Gasteiger partial charge in [-0.05, 0) is 35.2 Å². The minimum atomic E-state index is 0.322. The van der Waals surface area contributed by atoms with Crippen molar-refractivity contribution in [1.82, 2.24) is 0 Å². The van der Waals surface area contributed by atoms with Crippen LogP contribution in [0.3, 0.4) is 0 Å². The van der Waals surface area contributed by atoms with Gasteiger partial charge in [0.15, 0.2) is 0 Å². The number of hydrogen-bond donors (Lipinski definition) is 1. The first-order valence-corrected chi connectivity index (χ1v) is 7.18. The van der Waals surface area contributed by atoms with E-state index in [1.165, 1.54) is 16.7 Å². The molecule has 21 heavy (non-hydrogen) atoms. The molecule has 3 rings (SSSR count). The van der Waals surface area contributed by atoms with Crippen LogP contribution in [-0.4, -0.2) is 5.11 Å². The van der Waals surface area contributed by atoms with Crippen LogP contribution in [-0.2, 0) is 6.42 Å². The van der Waals surface area contributed by atoms with E-state index in [2.05, 4.69) is 61.5 Å². The molecule has 0 amide bonds. The highest BCUT2D eigenvalue weighted by Gasteiger charge is 2.00. The summed E-state index contributed by atoms with van der Waals surface area (Å²) in [5.41, 5.74) is 4.08. The van der Waals surface area contributed by atoms with Crippen LogP contribution in [0.2, 0.25) is 0 Å². The van der Waals surface area contributed by atoms with Gasteiger partial charge in [0.05, 0.1) is 0 Å². The number of benzene rings is 3. The second kappa shape index (κ2) is 7.91. The number of aromatic hydroxyl groups is 1. The summed E-state index contributed by atoms with van der Waals surface area (Å²) >= 11 is 0. The third kappa shape index (κ3) is 4.50. The number of phenolic OH excluding ortho intramolecular Hbond substituents is 1. The van der Waals surface area contributed by atoms with Crippen molar-refractivity contribution in [1.29, 1.82) is 0 Å². The maximum Gasteiger partial charge on any atom is 0.115 e. The number of aryl methyl sites for hydroxylation is 1. The Hall–Kier alpha value is -2.54. The lowest BCUT2D eigenvalue weighted by atomic mass is 9.98. The van der Waals surface area contributed by atoms with Gasteiger partial charge in [0.2, 0.25) is 0 Å². The van der Waals surface area contributed by atoms with Crippen molar-refractivity contribution < 1.29 is 5.11 Å². The highest BCUT2D eigenvalue weighted by atomic mass is 16.3. The van der Waals surface area contributed by atoms with Gasteiger partial charge in [0.25, 0.3) is 0 Å². The summed E-state index contributed by atoms with van der Waals surface area (Å²) in [6.07, 6.45) is 1.09. The first kappa shape index (κ1) is 14.9. The van der Waals surface area contributed by atoms with Crippen molar-refractivity contribution in [3.05, 3.63) is 90.5 Å². The lowest BCUT2D eigenvalue weighted by molar-refractivity contribution is 0.475. The number of rotatable bonds is 2. The minimum absolute atomic E-state index is 0.322. The van der Waals surface area contributed by atoms with Crippen molar-refractivity contribution in [2.45, 2.75) is 13.3 Å². The van der Waals surface area contributed by atoms with Crippen molar-refractivity contribution >= 4 is 0 Å². The van der Waals surface area contributed by atoms with Gasteiger partial charge in [-0.15, -0.1) is 0 Å². The Labute approximate surface area is 126 Å². The molecule has 0 bridgehead atoms. The first-order valence-electron chi connectivity index (χ1n) is 7.18. The topological polar surface area (TPSA) is 20.2 Å². The van der Waals surface area contributed by atoms with E-state index >= 15 is 0 Å². The monoisotopic (exact) mass is 276 g/mol. The van der Waals surface area contributed by atoms with E-state index in [0.29, 0.717) is 5.75 Å². The summed E-state index contributed by atoms with van der Waals surface area (Å²) in [5, 5.41) is 8.63. The predicted molar refractivity (Wildman–Crippen MR) is 89.4 cm³/mol. The molecule has 0 saturated heterocycles. The molecule has 3 aromatic carbocycles. The molecule has 3 aromatic rings. The van der Waals surface area contributed by atoms with Gasteiger partial charge in [-0.25, -0.2) is 0 Å². The van der Waals surface area contributed by atoms with Crippen LogP contribution >= 0.6 is 0 Å². The van der Waals surface area contributed by atoms with Gasteiger partial charge >= 0.3 is 0 Å². The molecule has 0 aliphatic heterocycles. The molecule has 0 unspecified atom stereocenters.